The van der Waals surface area contributed by atoms with E-state index in [0.717, 1.165) is 48.0 Å². The Kier molecular flexibility index (Phi) is 19.7. The van der Waals surface area contributed by atoms with Crippen molar-refractivity contribution in [3.8, 4) is 0 Å². The van der Waals surface area contributed by atoms with Crippen LogP contribution in [0.2, 0.25) is 0 Å². The van der Waals surface area contributed by atoms with Crippen LogP contribution in [-0.2, 0) is 62.1 Å². The van der Waals surface area contributed by atoms with Gasteiger partial charge in [-0.1, -0.05) is 45.4 Å². The number of cyclic esters (lactones) is 1. The number of nitrogens with zero attached hydrogens (tertiary/aromatic N) is 1. The first-order valence-corrected chi connectivity index (χ1v) is 29.0. The van der Waals surface area contributed by atoms with E-state index in [9.17, 15) is 42.6 Å². The Morgan fingerprint density at radius 1 is 0.865 bits per heavy atom. The fourth-order valence-corrected chi connectivity index (χ4v) is 15.1. The lowest BCUT2D eigenvalue weighted by atomic mass is 9.52. The van der Waals surface area contributed by atoms with Crippen molar-refractivity contribution >= 4 is 39.8 Å². The number of esters is 1. The minimum atomic E-state index is -4.58. The summed E-state index contributed by atoms with van der Waals surface area (Å²) >= 11 is 0. The molecule has 2 saturated heterocycles. The van der Waals surface area contributed by atoms with Crippen molar-refractivity contribution < 1.29 is 75.2 Å². The van der Waals surface area contributed by atoms with Crippen LogP contribution in [0.3, 0.4) is 0 Å². The second-order valence-electron chi connectivity index (χ2n) is 23.5. The van der Waals surface area contributed by atoms with Gasteiger partial charge in [0.05, 0.1) is 31.0 Å². The lowest BCUT2D eigenvalue weighted by Gasteiger charge is -2.54. The highest BCUT2D eigenvalue weighted by molar-refractivity contribution is 7.85. The van der Waals surface area contributed by atoms with E-state index in [1.165, 1.54) is 27.8 Å². The smallest absolute Gasteiger partial charge is 0.422 e. The highest BCUT2D eigenvalue weighted by Gasteiger charge is 2.57. The van der Waals surface area contributed by atoms with Gasteiger partial charge < -0.3 is 43.5 Å². The monoisotopic (exact) mass is 1060 g/mol. The maximum atomic E-state index is 14.6. The second-order valence-corrected chi connectivity index (χ2v) is 24.8. The summed E-state index contributed by atoms with van der Waals surface area (Å²) in [6.07, 6.45) is 6.01. The van der Waals surface area contributed by atoms with Crippen LogP contribution in [0, 0.1) is 59.2 Å². The molecule has 3 N–H and O–H groups in total. The average molecular weight is 1060 g/mol. The molecule has 0 radical (unpaired) electrons. The van der Waals surface area contributed by atoms with E-state index in [2.05, 4.69) is 0 Å². The number of Topliss-reactive ketones (excluding diaryl/α,β-unsaturated/α-hetero) is 2. The average Bonchev–Trinajstić information content (AvgIpc) is 3.35. The number of carbonyl (C=O) groups is 5. The summed E-state index contributed by atoms with van der Waals surface area (Å²) in [6.45, 7) is 11.2. The second kappa shape index (κ2) is 25.0. The van der Waals surface area contributed by atoms with Crippen LogP contribution >= 0.6 is 0 Å². The van der Waals surface area contributed by atoms with E-state index in [4.69, 9.17) is 32.6 Å². The lowest BCUT2D eigenvalue weighted by Crippen LogP contribution is -2.64. The third kappa shape index (κ3) is 13.5. The van der Waals surface area contributed by atoms with Gasteiger partial charge in [0.1, 0.15) is 30.1 Å². The number of amides is 2. The first-order valence-electron chi connectivity index (χ1n) is 27.6. The van der Waals surface area contributed by atoms with Crippen LogP contribution in [0.25, 0.3) is 0 Å². The number of nitrogens with one attached hydrogen (secondary N) is 1. The fraction of sp³-hybridized carbons (Fsp3) is 0.836. The third-order valence-electron chi connectivity index (χ3n) is 18.2. The number of ketones is 2. The van der Waals surface area contributed by atoms with Crippen molar-refractivity contribution in [3.05, 3.63) is 23.3 Å². The number of carbonyl (C=O) groups excluding carboxylic acids is 5. The number of aliphatic hydroxyl groups excluding tert-OH is 1. The summed E-state index contributed by atoms with van der Waals surface area (Å²) in [5.74, 6) is -5.57. The number of piperidine rings is 1. The van der Waals surface area contributed by atoms with Crippen molar-refractivity contribution in [2.24, 2.45) is 59.2 Å². The molecule has 0 aromatic carbocycles. The molecular formula is C55H86N2O16S. The first kappa shape index (κ1) is 58.4. The molecule has 0 aromatic rings. The van der Waals surface area contributed by atoms with Crippen molar-refractivity contribution in [2.45, 2.75) is 199 Å². The number of methoxy groups -OCH3 is 3. The molecule has 2 amide bonds. The Bertz CT molecular complexity index is 2160. The molecule has 418 valence electrons. The van der Waals surface area contributed by atoms with Crippen molar-refractivity contribution in [1.29, 1.82) is 0 Å². The van der Waals surface area contributed by atoms with Gasteiger partial charge in [0.25, 0.3) is 11.7 Å². The fourth-order valence-electron chi connectivity index (χ4n) is 14.3. The van der Waals surface area contributed by atoms with Gasteiger partial charge in [-0.15, -0.1) is 0 Å². The predicted octanol–water partition coefficient (Wildman–Crippen LogP) is 6.54. The summed E-state index contributed by atoms with van der Waals surface area (Å²) in [4.78, 5) is 71.4. The zero-order valence-corrected chi connectivity index (χ0v) is 46.1. The van der Waals surface area contributed by atoms with Crippen molar-refractivity contribution in [1.82, 2.24) is 9.62 Å². The topological polar surface area (TPSA) is 240 Å². The minimum Gasteiger partial charge on any atom is -0.456 e. The van der Waals surface area contributed by atoms with E-state index in [1.807, 2.05) is 37.6 Å². The Labute approximate surface area is 438 Å². The normalized spacial score (nSPS) is 41.9. The molecule has 6 bridgehead atoms. The van der Waals surface area contributed by atoms with Gasteiger partial charge >= 0.3 is 22.4 Å². The molecule has 19 heteroatoms. The molecule has 7 fully saturated rings. The van der Waals surface area contributed by atoms with Gasteiger partial charge in [-0.3, -0.25) is 14.4 Å². The Morgan fingerprint density at radius 3 is 2.15 bits per heavy atom. The molecule has 14 atom stereocenters. The standard InChI is InChI=1S/C55H86N2O16S/c1-10-38-18-30(2)17-31(3)19-47(68-8)50-48(69-9)21-33(5)55(64,72-50)51(60)52(61)57-16-12-11-13-42(57)53(62)71-49(34(6)43(58)28-44(38)59)32(4)20-35-14-15-45(46(27-35)67-7)73-74(65,66)56-54(63)70-29-41-39-23-36-22-37(25-39)26-40(41)24-36/h18,20,31,33-43,45-50,58,64H,10-17,19,21-29H2,1-9H3,(H,56,63)/b30-18+,32-20+/t31-,33+,34+,35-,36?,37?,38+,39?,40?,41?,42-,43-,45-,46+,47-,48-,49?,50+,55+/m0/s1. The summed E-state index contributed by atoms with van der Waals surface area (Å²) in [7, 11) is -0.100. The van der Waals surface area contributed by atoms with Gasteiger partial charge in [0, 0.05) is 52.0 Å². The molecule has 74 heavy (non-hydrogen) atoms. The molecule has 0 spiro atoms. The number of hydrogen-bond donors (Lipinski definition) is 3. The third-order valence-corrected chi connectivity index (χ3v) is 19.1. The SMILES string of the molecule is CC[C@@H]1/C=C(\C)C[C@H](C)C[C@H](OC)[C@H]2O[C@@](O)(C(=O)C(=O)N3CCCC[C@H]3C(=O)OC(/C(C)=C/[C@@H]3CC[C@H](OS(=O)(=O)NC(=O)OCC4C5CC6CC(C5)CC4C6)[C@H](OC)C3)[C@H](C)[C@@H](O)CC1=O)[C@H](C)C[C@@H]2OC. The Balaban J connectivity index is 1.09. The Morgan fingerprint density at radius 2 is 1.51 bits per heavy atom. The maximum absolute atomic E-state index is 14.6. The molecular weight excluding hydrogens is 977 g/mol. The van der Waals surface area contributed by atoms with Gasteiger partial charge in [-0.25, -0.2) is 13.8 Å². The van der Waals surface area contributed by atoms with Crippen LogP contribution in [0.1, 0.15) is 144 Å². The van der Waals surface area contributed by atoms with E-state index in [-0.39, 0.29) is 68.8 Å². The predicted molar refractivity (Wildman–Crippen MR) is 271 cm³/mol. The molecule has 8 rings (SSSR count). The van der Waals surface area contributed by atoms with Crippen LogP contribution < -0.4 is 4.72 Å². The number of allylic oxidation sites excluding steroid dienone is 3. The number of ether oxygens (including phenoxy) is 6. The highest BCUT2D eigenvalue weighted by atomic mass is 32.2. The number of rotatable bonds is 11. The molecule has 3 heterocycles. The lowest BCUT2D eigenvalue weighted by molar-refractivity contribution is -0.302. The highest BCUT2D eigenvalue weighted by Crippen LogP contribution is 2.56. The minimum absolute atomic E-state index is 0.00900. The van der Waals surface area contributed by atoms with E-state index in [1.54, 1.807) is 20.8 Å². The van der Waals surface area contributed by atoms with Gasteiger partial charge in [0.15, 0.2) is 0 Å². The Hall–Kier alpha value is -3.30. The summed E-state index contributed by atoms with van der Waals surface area (Å²) < 4.78 is 69.6. The largest absolute Gasteiger partial charge is 0.456 e. The van der Waals surface area contributed by atoms with Crippen LogP contribution in [0.5, 0.6) is 0 Å². The molecule has 5 aliphatic carbocycles. The van der Waals surface area contributed by atoms with Crippen molar-refractivity contribution in [3.63, 3.8) is 0 Å². The molecule has 8 aliphatic rings. The van der Waals surface area contributed by atoms with Gasteiger partial charge in [-0.05, 0) is 157 Å². The number of fused-ring (bicyclic) bond motifs is 3. The molecule has 5 saturated carbocycles. The molecule has 1 unspecified atom stereocenters. The molecule has 0 aromatic heterocycles. The van der Waals surface area contributed by atoms with E-state index < -0.39 is 106 Å². The molecule has 3 aliphatic heterocycles. The first-order chi connectivity index (χ1) is 35.1. The number of aliphatic hydroxyl groups is 2. The zero-order chi connectivity index (χ0) is 53.8. The van der Waals surface area contributed by atoms with Gasteiger partial charge in [0.2, 0.25) is 5.79 Å². The van der Waals surface area contributed by atoms with Crippen LogP contribution in [0.4, 0.5) is 4.79 Å². The van der Waals surface area contributed by atoms with E-state index in [0.29, 0.717) is 55.9 Å². The summed E-state index contributed by atoms with van der Waals surface area (Å²) in [5.41, 5.74) is 1.49. The zero-order valence-electron chi connectivity index (χ0n) is 45.2. The quantitative estimate of drug-likeness (QED) is 0.113. The maximum Gasteiger partial charge on any atom is 0.422 e. The van der Waals surface area contributed by atoms with Crippen LogP contribution in [0.15, 0.2) is 23.3 Å². The van der Waals surface area contributed by atoms with E-state index >= 15 is 0 Å². The van der Waals surface area contributed by atoms with Crippen molar-refractivity contribution in [2.75, 3.05) is 34.5 Å². The van der Waals surface area contributed by atoms with Gasteiger partial charge in [-0.2, -0.15) is 13.1 Å². The molecule has 18 nitrogen and oxygen atoms in total. The summed E-state index contributed by atoms with van der Waals surface area (Å²) in [5, 5.41) is 24.0. The number of hydrogen-bond acceptors (Lipinski definition) is 16. The van der Waals surface area contributed by atoms with Crippen LogP contribution in [-0.4, -0.2) is 142 Å². The summed E-state index contributed by atoms with van der Waals surface area (Å²) in [6, 6.07) is -1.22.